The van der Waals surface area contributed by atoms with Crippen LogP contribution in [-0.4, -0.2) is 29.2 Å². The first-order valence-electron chi connectivity index (χ1n) is 7.83. The average molecular weight is 314 g/mol. The summed E-state index contributed by atoms with van der Waals surface area (Å²) in [5.41, 5.74) is 0.946. The predicted molar refractivity (Wildman–Crippen MR) is 89.9 cm³/mol. The molecule has 5 heteroatoms. The Hall–Kier alpha value is -2.56. The molecule has 0 fully saturated rings. The number of pyridine rings is 1. The van der Waals surface area contributed by atoms with Crippen LogP contribution in [0.3, 0.4) is 0 Å². The van der Waals surface area contributed by atoms with Gasteiger partial charge in [0.1, 0.15) is 11.6 Å². The Morgan fingerprint density at radius 3 is 2.74 bits per heavy atom. The van der Waals surface area contributed by atoms with Crippen molar-refractivity contribution in [3.8, 4) is 5.75 Å². The number of aryl methyl sites for hydroxylation is 1. The van der Waals surface area contributed by atoms with Gasteiger partial charge < -0.3 is 15.2 Å². The summed E-state index contributed by atoms with van der Waals surface area (Å²) in [6.07, 6.45) is 4.28. The standard InChI is InChI=1S/C18H22N2O3/c21-18(22)11-10-15-7-1-2-8-16(15)23-14-6-5-13-20-17-9-3-4-12-19-17/h1-4,7-9,12H,5-6,10-11,13-14H2,(H,19,20)(H,21,22). The number of anilines is 1. The molecular weight excluding hydrogens is 292 g/mol. The number of ether oxygens (including phenoxy) is 1. The number of unbranched alkanes of at least 4 members (excludes halogenated alkanes) is 1. The molecule has 0 aliphatic heterocycles. The average Bonchev–Trinajstić information content (AvgIpc) is 2.58. The number of hydrogen-bond donors (Lipinski definition) is 2. The lowest BCUT2D eigenvalue weighted by Crippen LogP contribution is -2.06. The van der Waals surface area contributed by atoms with Gasteiger partial charge in [-0.2, -0.15) is 0 Å². The van der Waals surface area contributed by atoms with Crippen molar-refractivity contribution in [3.05, 3.63) is 54.2 Å². The smallest absolute Gasteiger partial charge is 0.303 e. The van der Waals surface area contributed by atoms with Crippen LogP contribution in [0, 0.1) is 0 Å². The zero-order chi connectivity index (χ0) is 16.3. The highest BCUT2D eigenvalue weighted by Crippen LogP contribution is 2.19. The van der Waals surface area contributed by atoms with E-state index in [9.17, 15) is 4.79 Å². The Bertz CT molecular complexity index is 602. The fourth-order valence-corrected chi connectivity index (χ4v) is 2.19. The van der Waals surface area contributed by atoms with Gasteiger partial charge in [-0.1, -0.05) is 24.3 Å². The molecular formula is C18H22N2O3. The molecule has 2 aromatic rings. The number of carboxylic acids is 1. The first kappa shape index (κ1) is 16.8. The van der Waals surface area contributed by atoms with E-state index in [4.69, 9.17) is 9.84 Å². The molecule has 122 valence electrons. The van der Waals surface area contributed by atoms with Crippen molar-refractivity contribution in [3.63, 3.8) is 0 Å². The molecule has 23 heavy (non-hydrogen) atoms. The summed E-state index contributed by atoms with van der Waals surface area (Å²) in [7, 11) is 0. The second-order valence-corrected chi connectivity index (χ2v) is 5.20. The van der Waals surface area contributed by atoms with E-state index in [1.165, 1.54) is 0 Å². The zero-order valence-electron chi connectivity index (χ0n) is 13.1. The highest BCUT2D eigenvalue weighted by Gasteiger charge is 2.05. The van der Waals surface area contributed by atoms with Crippen LogP contribution in [0.25, 0.3) is 0 Å². The third-order valence-electron chi connectivity index (χ3n) is 3.38. The van der Waals surface area contributed by atoms with Gasteiger partial charge >= 0.3 is 5.97 Å². The molecule has 1 aromatic heterocycles. The number of nitrogens with zero attached hydrogens (tertiary/aromatic N) is 1. The van der Waals surface area contributed by atoms with E-state index >= 15 is 0 Å². The van der Waals surface area contributed by atoms with Gasteiger partial charge in [-0.15, -0.1) is 0 Å². The maximum atomic E-state index is 10.7. The number of carbonyl (C=O) groups is 1. The molecule has 0 aliphatic carbocycles. The summed E-state index contributed by atoms with van der Waals surface area (Å²) >= 11 is 0. The predicted octanol–water partition coefficient (Wildman–Crippen LogP) is 3.37. The highest BCUT2D eigenvalue weighted by atomic mass is 16.5. The third-order valence-corrected chi connectivity index (χ3v) is 3.38. The quantitative estimate of drug-likeness (QED) is 0.658. The lowest BCUT2D eigenvalue weighted by molar-refractivity contribution is -0.136. The molecule has 0 spiro atoms. The zero-order valence-corrected chi connectivity index (χ0v) is 13.1. The van der Waals surface area contributed by atoms with Gasteiger partial charge in [-0.25, -0.2) is 4.98 Å². The molecule has 0 radical (unpaired) electrons. The number of para-hydroxylation sites is 1. The molecule has 2 rings (SSSR count). The van der Waals surface area contributed by atoms with Crippen LogP contribution < -0.4 is 10.1 Å². The van der Waals surface area contributed by atoms with Crippen molar-refractivity contribution in [1.82, 2.24) is 4.98 Å². The normalized spacial score (nSPS) is 10.3. The molecule has 1 heterocycles. The van der Waals surface area contributed by atoms with Gasteiger partial charge in [0.05, 0.1) is 6.61 Å². The Kier molecular flexibility index (Phi) is 6.91. The van der Waals surface area contributed by atoms with Crippen LogP contribution >= 0.6 is 0 Å². The molecule has 0 amide bonds. The number of aliphatic carboxylic acids is 1. The van der Waals surface area contributed by atoms with E-state index in [1.807, 2.05) is 42.5 Å². The van der Waals surface area contributed by atoms with Crippen LogP contribution in [0.4, 0.5) is 5.82 Å². The lowest BCUT2D eigenvalue weighted by Gasteiger charge is -2.11. The van der Waals surface area contributed by atoms with Crippen LogP contribution in [0.5, 0.6) is 5.75 Å². The first-order chi connectivity index (χ1) is 11.3. The van der Waals surface area contributed by atoms with Crippen molar-refractivity contribution in [2.24, 2.45) is 0 Å². The number of benzene rings is 1. The Morgan fingerprint density at radius 1 is 1.13 bits per heavy atom. The van der Waals surface area contributed by atoms with Crippen molar-refractivity contribution >= 4 is 11.8 Å². The fourth-order valence-electron chi connectivity index (χ4n) is 2.19. The minimum atomic E-state index is -0.791. The molecule has 1 aromatic carbocycles. The third kappa shape index (κ3) is 6.38. The molecule has 5 nitrogen and oxygen atoms in total. The van der Waals surface area contributed by atoms with Gasteiger partial charge in [-0.3, -0.25) is 4.79 Å². The van der Waals surface area contributed by atoms with E-state index in [0.29, 0.717) is 13.0 Å². The SMILES string of the molecule is O=C(O)CCc1ccccc1OCCCCNc1ccccn1. The largest absolute Gasteiger partial charge is 0.493 e. The van der Waals surface area contributed by atoms with Gasteiger partial charge in [0, 0.05) is 19.2 Å². The van der Waals surface area contributed by atoms with Gasteiger partial charge in [0.2, 0.25) is 0 Å². The second-order valence-electron chi connectivity index (χ2n) is 5.20. The second kappa shape index (κ2) is 9.46. The maximum Gasteiger partial charge on any atom is 0.303 e. The van der Waals surface area contributed by atoms with Gasteiger partial charge in [0.15, 0.2) is 0 Å². The molecule has 0 bridgehead atoms. The summed E-state index contributed by atoms with van der Waals surface area (Å²) in [5, 5.41) is 12.0. The fraction of sp³-hybridized carbons (Fsp3) is 0.333. The minimum absolute atomic E-state index is 0.119. The number of aromatic nitrogens is 1. The number of nitrogens with one attached hydrogen (secondary N) is 1. The van der Waals surface area contributed by atoms with E-state index < -0.39 is 5.97 Å². The van der Waals surface area contributed by atoms with Crippen molar-refractivity contribution in [2.75, 3.05) is 18.5 Å². The Morgan fingerprint density at radius 2 is 1.96 bits per heavy atom. The maximum absolute atomic E-state index is 10.7. The van der Waals surface area contributed by atoms with Gasteiger partial charge in [0.25, 0.3) is 0 Å². The highest BCUT2D eigenvalue weighted by molar-refractivity contribution is 5.67. The van der Waals surface area contributed by atoms with E-state index in [-0.39, 0.29) is 6.42 Å². The molecule has 0 saturated carbocycles. The molecule has 0 atom stereocenters. The van der Waals surface area contributed by atoms with Crippen molar-refractivity contribution in [2.45, 2.75) is 25.7 Å². The first-order valence-corrected chi connectivity index (χ1v) is 7.83. The monoisotopic (exact) mass is 314 g/mol. The van der Waals surface area contributed by atoms with Gasteiger partial charge in [-0.05, 0) is 43.0 Å². The van der Waals surface area contributed by atoms with Crippen molar-refractivity contribution in [1.29, 1.82) is 0 Å². The van der Waals surface area contributed by atoms with Crippen LogP contribution in [0.15, 0.2) is 48.7 Å². The summed E-state index contributed by atoms with van der Waals surface area (Å²) in [6, 6.07) is 13.4. The summed E-state index contributed by atoms with van der Waals surface area (Å²) < 4.78 is 5.79. The molecule has 2 N–H and O–H groups in total. The molecule has 0 aliphatic rings. The van der Waals surface area contributed by atoms with Crippen LogP contribution in [-0.2, 0) is 11.2 Å². The number of carboxylic acid groups (broad SMARTS) is 1. The molecule has 0 saturated heterocycles. The Labute approximate surface area is 136 Å². The lowest BCUT2D eigenvalue weighted by atomic mass is 10.1. The topological polar surface area (TPSA) is 71.5 Å². The summed E-state index contributed by atoms with van der Waals surface area (Å²) in [6.45, 7) is 1.47. The van der Waals surface area contributed by atoms with Crippen LogP contribution in [0.2, 0.25) is 0 Å². The van der Waals surface area contributed by atoms with Crippen molar-refractivity contribution < 1.29 is 14.6 Å². The Balaban J connectivity index is 1.67. The number of rotatable bonds is 10. The van der Waals surface area contributed by atoms with E-state index in [2.05, 4.69) is 10.3 Å². The van der Waals surface area contributed by atoms with E-state index in [1.54, 1.807) is 6.20 Å². The minimum Gasteiger partial charge on any atom is -0.493 e. The summed E-state index contributed by atoms with van der Waals surface area (Å²) in [4.78, 5) is 14.9. The summed E-state index contributed by atoms with van der Waals surface area (Å²) in [5.74, 6) is 0.874. The van der Waals surface area contributed by atoms with E-state index in [0.717, 1.165) is 36.5 Å². The van der Waals surface area contributed by atoms with Crippen LogP contribution in [0.1, 0.15) is 24.8 Å². The number of hydrogen-bond acceptors (Lipinski definition) is 4. The molecule has 0 unspecified atom stereocenters.